The van der Waals surface area contributed by atoms with Crippen molar-refractivity contribution in [1.29, 1.82) is 0 Å². The largest absolute Gasteiger partial charge is 0.394 e. The summed E-state index contributed by atoms with van der Waals surface area (Å²) < 4.78 is 15.2. The van der Waals surface area contributed by atoms with E-state index in [0.29, 0.717) is 0 Å². The zero-order valence-corrected chi connectivity index (χ0v) is 12.0. The highest BCUT2D eigenvalue weighted by Gasteiger charge is 2.57. The molecule has 8 N–H and O–H groups in total. The van der Waals surface area contributed by atoms with Crippen molar-refractivity contribution >= 4 is 0 Å². The summed E-state index contributed by atoms with van der Waals surface area (Å²) >= 11 is 0. The molecule has 0 radical (unpaired) electrons. The Bertz CT molecular complexity index is 393. The summed E-state index contributed by atoms with van der Waals surface area (Å²) in [5.41, 5.74) is 0. The van der Waals surface area contributed by atoms with Crippen molar-refractivity contribution in [3.63, 3.8) is 0 Å². The Hall–Kier alpha value is -0.440. The predicted octanol–water partition coefficient (Wildman–Crippen LogP) is -5.40. The van der Waals surface area contributed by atoms with E-state index in [1.165, 1.54) is 0 Å². The molecule has 2 rings (SSSR count). The highest BCUT2D eigenvalue weighted by Crippen LogP contribution is 2.34. The van der Waals surface area contributed by atoms with Gasteiger partial charge in [-0.1, -0.05) is 0 Å². The predicted molar refractivity (Wildman–Crippen MR) is 68.6 cm³/mol. The van der Waals surface area contributed by atoms with Crippen LogP contribution in [0.25, 0.3) is 0 Å². The minimum Gasteiger partial charge on any atom is -0.394 e. The minimum absolute atomic E-state index is 0.669. The molecular formula is C12H22O11. The quantitative estimate of drug-likeness (QED) is 0.238. The lowest BCUT2D eigenvalue weighted by atomic mass is 9.99. The molecule has 0 saturated carbocycles. The average molecular weight is 342 g/mol. The van der Waals surface area contributed by atoms with Crippen LogP contribution in [0, 0.1) is 0 Å². The molecule has 2 heterocycles. The molecule has 0 unspecified atom stereocenters. The van der Waals surface area contributed by atoms with Crippen LogP contribution in [0.15, 0.2) is 0 Å². The minimum atomic E-state index is -2.37. The first-order valence-corrected chi connectivity index (χ1v) is 7.05. The summed E-state index contributed by atoms with van der Waals surface area (Å²) in [4.78, 5) is 0. The van der Waals surface area contributed by atoms with Gasteiger partial charge in [0, 0.05) is 0 Å². The molecule has 0 amide bonds. The van der Waals surface area contributed by atoms with Crippen LogP contribution in [0.4, 0.5) is 0 Å². The fraction of sp³-hybridized carbons (Fsp3) is 1.00. The normalized spacial score (nSPS) is 51.1. The number of aliphatic hydroxyl groups excluding tert-OH is 7. The van der Waals surface area contributed by atoms with E-state index in [1.54, 1.807) is 0 Å². The van der Waals surface area contributed by atoms with Gasteiger partial charge in [0.2, 0.25) is 5.79 Å². The zero-order chi connectivity index (χ0) is 17.4. The van der Waals surface area contributed by atoms with E-state index in [2.05, 4.69) is 0 Å². The molecular weight excluding hydrogens is 320 g/mol. The molecule has 136 valence electrons. The average Bonchev–Trinajstić information content (AvgIpc) is 2.79. The summed E-state index contributed by atoms with van der Waals surface area (Å²) in [6.45, 7) is -2.33. The topological polar surface area (TPSA) is 190 Å². The highest BCUT2D eigenvalue weighted by molar-refractivity contribution is 4.98. The van der Waals surface area contributed by atoms with Crippen LogP contribution in [-0.4, -0.2) is 115 Å². The fourth-order valence-electron chi connectivity index (χ4n) is 2.64. The third-order valence-corrected chi connectivity index (χ3v) is 4.03. The molecule has 2 saturated heterocycles. The Morgan fingerprint density at radius 2 is 1.43 bits per heavy atom. The maximum absolute atomic E-state index is 10.1. The number of hydrogen-bond donors (Lipinski definition) is 8. The Labute approximate surface area is 130 Å². The first-order valence-electron chi connectivity index (χ1n) is 7.05. The van der Waals surface area contributed by atoms with E-state index >= 15 is 0 Å². The van der Waals surface area contributed by atoms with Crippen molar-refractivity contribution in [2.45, 2.75) is 54.8 Å². The van der Waals surface area contributed by atoms with Gasteiger partial charge >= 0.3 is 0 Å². The third kappa shape index (κ3) is 3.36. The molecule has 2 aliphatic heterocycles. The molecule has 11 heteroatoms. The van der Waals surface area contributed by atoms with Crippen LogP contribution in [0.5, 0.6) is 0 Å². The van der Waals surface area contributed by atoms with Crippen molar-refractivity contribution in [3.8, 4) is 0 Å². The summed E-state index contributed by atoms with van der Waals surface area (Å²) in [5, 5.41) is 76.7. The third-order valence-electron chi connectivity index (χ3n) is 4.03. The van der Waals surface area contributed by atoms with E-state index in [1.807, 2.05) is 0 Å². The van der Waals surface area contributed by atoms with Crippen molar-refractivity contribution in [1.82, 2.24) is 0 Å². The summed E-state index contributed by atoms with van der Waals surface area (Å²) in [5.74, 6) is -2.37. The van der Waals surface area contributed by atoms with E-state index in [-0.39, 0.29) is 0 Å². The Morgan fingerprint density at radius 3 is 1.96 bits per heavy atom. The van der Waals surface area contributed by atoms with E-state index in [4.69, 9.17) is 24.4 Å². The Morgan fingerprint density at radius 1 is 0.826 bits per heavy atom. The maximum Gasteiger partial charge on any atom is 0.219 e. The SMILES string of the molecule is OC[C@H]1O[C@@](O)(CO)[C@@H](O[C@@H]2O[C@H](CO)[C@@H](O)[C@H](O)[C@H]2O)[C@@H]1O. The number of aliphatic hydroxyl groups is 8. The fourth-order valence-corrected chi connectivity index (χ4v) is 2.64. The number of hydrogen-bond acceptors (Lipinski definition) is 11. The molecule has 23 heavy (non-hydrogen) atoms. The van der Waals surface area contributed by atoms with Gasteiger partial charge in [-0.25, -0.2) is 0 Å². The Balaban J connectivity index is 2.15. The molecule has 2 fully saturated rings. The number of rotatable bonds is 5. The molecule has 0 aromatic rings. The van der Waals surface area contributed by atoms with Crippen LogP contribution < -0.4 is 0 Å². The molecule has 9 atom stereocenters. The first kappa shape index (κ1) is 18.9. The molecule has 11 nitrogen and oxygen atoms in total. The highest BCUT2D eigenvalue weighted by atomic mass is 16.7. The van der Waals surface area contributed by atoms with Crippen LogP contribution in [0.3, 0.4) is 0 Å². The van der Waals surface area contributed by atoms with Gasteiger partial charge in [-0.2, -0.15) is 0 Å². The van der Waals surface area contributed by atoms with Gasteiger partial charge in [-0.3, -0.25) is 0 Å². The van der Waals surface area contributed by atoms with Gasteiger partial charge in [0.1, 0.15) is 42.7 Å². The second kappa shape index (κ2) is 7.21. The molecule has 0 aliphatic carbocycles. The number of ether oxygens (including phenoxy) is 3. The standard InChI is InChI=1S/C12H22O11/c13-1-4-6(16)8(18)9(19)11(21-4)22-10-7(17)5(2-14)23-12(10,20)3-15/h4-11,13-20H,1-3H2/t4-,5-,6-,7-,8+,9-,10+,11+,12+/m1/s1. The van der Waals surface area contributed by atoms with Crippen LogP contribution in [-0.2, 0) is 14.2 Å². The van der Waals surface area contributed by atoms with Crippen molar-refractivity contribution in [2.75, 3.05) is 19.8 Å². The second-order valence-electron chi connectivity index (χ2n) is 5.59. The molecule has 2 aliphatic rings. The van der Waals surface area contributed by atoms with Gasteiger partial charge in [-0.05, 0) is 0 Å². The van der Waals surface area contributed by atoms with Gasteiger partial charge < -0.3 is 55.1 Å². The van der Waals surface area contributed by atoms with Crippen molar-refractivity contribution in [3.05, 3.63) is 0 Å². The Kier molecular flexibility index (Phi) is 5.92. The van der Waals surface area contributed by atoms with E-state index < -0.39 is 74.6 Å². The van der Waals surface area contributed by atoms with Crippen molar-refractivity contribution < 1.29 is 55.1 Å². The lowest BCUT2D eigenvalue weighted by Crippen LogP contribution is -2.61. The van der Waals surface area contributed by atoms with E-state index in [0.717, 1.165) is 0 Å². The molecule has 0 aromatic carbocycles. The molecule has 0 aromatic heterocycles. The summed E-state index contributed by atoms with van der Waals surface area (Å²) in [6, 6.07) is 0. The van der Waals surface area contributed by atoms with Crippen LogP contribution >= 0.6 is 0 Å². The molecule has 0 spiro atoms. The monoisotopic (exact) mass is 342 g/mol. The van der Waals surface area contributed by atoms with E-state index in [9.17, 15) is 30.6 Å². The second-order valence-corrected chi connectivity index (χ2v) is 5.59. The summed E-state index contributed by atoms with van der Waals surface area (Å²) in [7, 11) is 0. The molecule has 0 bridgehead atoms. The smallest absolute Gasteiger partial charge is 0.219 e. The van der Waals surface area contributed by atoms with Crippen LogP contribution in [0.2, 0.25) is 0 Å². The van der Waals surface area contributed by atoms with Crippen molar-refractivity contribution in [2.24, 2.45) is 0 Å². The van der Waals surface area contributed by atoms with Gasteiger partial charge in [-0.15, -0.1) is 0 Å². The lowest BCUT2D eigenvalue weighted by molar-refractivity contribution is -0.342. The van der Waals surface area contributed by atoms with Gasteiger partial charge in [0.05, 0.1) is 19.8 Å². The zero-order valence-electron chi connectivity index (χ0n) is 12.0. The summed E-state index contributed by atoms with van der Waals surface area (Å²) in [6.07, 6.45) is -12.4. The first-order chi connectivity index (χ1) is 10.8. The van der Waals surface area contributed by atoms with Crippen LogP contribution in [0.1, 0.15) is 0 Å². The van der Waals surface area contributed by atoms with Gasteiger partial charge in [0.15, 0.2) is 6.29 Å². The van der Waals surface area contributed by atoms with Gasteiger partial charge in [0.25, 0.3) is 0 Å². The maximum atomic E-state index is 10.1. The lowest BCUT2D eigenvalue weighted by Gasteiger charge is -2.41.